The van der Waals surface area contributed by atoms with Crippen LogP contribution in [0.5, 0.6) is 0 Å². The molecule has 6 heteroatoms. The Hall–Kier alpha value is -1.21. The van der Waals surface area contributed by atoms with Gasteiger partial charge in [0.1, 0.15) is 12.2 Å². The number of allylic oxidation sites excluding steroid dienone is 4. The van der Waals surface area contributed by atoms with E-state index in [1.807, 2.05) is 0 Å². The van der Waals surface area contributed by atoms with Crippen LogP contribution in [0.2, 0.25) is 0 Å². The van der Waals surface area contributed by atoms with Crippen molar-refractivity contribution in [3.63, 3.8) is 0 Å². The molecule has 6 nitrogen and oxygen atoms in total. The molecule has 350 valence electrons. The van der Waals surface area contributed by atoms with Crippen LogP contribution in [0, 0.1) is 0 Å². The lowest BCUT2D eigenvalue weighted by Gasteiger charge is -2.27. The Morgan fingerprint density at radius 1 is 0.407 bits per heavy atom. The van der Waals surface area contributed by atoms with Crippen molar-refractivity contribution in [3.8, 4) is 0 Å². The first-order valence-electron chi connectivity index (χ1n) is 26.2. The standard InChI is InChI=1S/C53H103NO5/c1-3-5-7-9-11-13-15-17-19-21-22-23-24-25-26-27-28-29-31-32-34-36-38-40-42-44-46-50(56)52(58)49(48-55)54-53(59)51(57)47-45-43-41-39-37-35-33-30-20-18-16-14-12-10-8-6-4-2/h31-32,38,40,49-52,55-58H,3-30,33-37,39,41-48H2,1-2H3,(H,54,59)/b32-31+,40-38+. The van der Waals surface area contributed by atoms with E-state index < -0.39 is 36.9 Å². The number of nitrogens with one attached hydrogen (secondary N) is 1. The molecular weight excluding hydrogens is 731 g/mol. The van der Waals surface area contributed by atoms with Crippen LogP contribution in [0.3, 0.4) is 0 Å². The molecule has 0 aliphatic rings. The number of amides is 1. The van der Waals surface area contributed by atoms with E-state index in [0.717, 1.165) is 38.5 Å². The van der Waals surface area contributed by atoms with Crippen molar-refractivity contribution in [1.82, 2.24) is 5.32 Å². The van der Waals surface area contributed by atoms with Gasteiger partial charge in [0.15, 0.2) is 0 Å². The van der Waals surface area contributed by atoms with E-state index in [-0.39, 0.29) is 0 Å². The van der Waals surface area contributed by atoms with Crippen molar-refractivity contribution >= 4 is 5.91 Å². The van der Waals surface area contributed by atoms with E-state index in [1.54, 1.807) is 0 Å². The molecule has 0 aliphatic carbocycles. The minimum Gasteiger partial charge on any atom is -0.394 e. The lowest BCUT2D eigenvalue weighted by molar-refractivity contribution is -0.132. The van der Waals surface area contributed by atoms with E-state index in [1.165, 1.54) is 205 Å². The first-order chi connectivity index (χ1) is 29.0. The molecule has 0 radical (unpaired) electrons. The van der Waals surface area contributed by atoms with Crippen molar-refractivity contribution in [2.24, 2.45) is 0 Å². The molecule has 0 heterocycles. The third-order valence-corrected chi connectivity index (χ3v) is 12.4. The minimum atomic E-state index is -1.29. The lowest BCUT2D eigenvalue weighted by Crippen LogP contribution is -2.53. The van der Waals surface area contributed by atoms with Gasteiger partial charge in [-0.1, -0.05) is 250 Å². The van der Waals surface area contributed by atoms with E-state index in [0.29, 0.717) is 19.3 Å². The summed E-state index contributed by atoms with van der Waals surface area (Å²) in [5.74, 6) is -0.594. The van der Waals surface area contributed by atoms with Gasteiger partial charge in [-0.05, 0) is 51.4 Å². The number of aliphatic hydroxyl groups excluding tert-OH is 4. The molecule has 0 fully saturated rings. The van der Waals surface area contributed by atoms with E-state index in [4.69, 9.17) is 0 Å². The van der Waals surface area contributed by atoms with Gasteiger partial charge < -0.3 is 25.7 Å². The third kappa shape index (κ3) is 41.9. The van der Waals surface area contributed by atoms with E-state index >= 15 is 0 Å². The fourth-order valence-electron chi connectivity index (χ4n) is 8.25. The fourth-order valence-corrected chi connectivity index (χ4v) is 8.25. The molecule has 0 saturated heterocycles. The van der Waals surface area contributed by atoms with Crippen LogP contribution in [0.15, 0.2) is 24.3 Å². The van der Waals surface area contributed by atoms with Gasteiger partial charge in [0.05, 0.1) is 18.8 Å². The molecule has 5 N–H and O–H groups in total. The second-order valence-corrected chi connectivity index (χ2v) is 18.2. The fraction of sp³-hybridized carbons (Fsp3) is 0.906. The highest BCUT2D eigenvalue weighted by molar-refractivity contribution is 5.80. The SMILES string of the molecule is CCCCCCCCCCCCCCCCCCC/C=C/CC/C=C/CCCC(O)C(O)C(CO)NC(=O)C(O)CCCCCCCCCCCCCCCCCCC. The summed E-state index contributed by atoms with van der Waals surface area (Å²) >= 11 is 0. The van der Waals surface area contributed by atoms with Crippen LogP contribution >= 0.6 is 0 Å². The Labute approximate surface area is 367 Å². The lowest BCUT2D eigenvalue weighted by atomic mass is 10.00. The maximum atomic E-state index is 12.5. The zero-order valence-electron chi connectivity index (χ0n) is 39.5. The van der Waals surface area contributed by atoms with E-state index in [2.05, 4.69) is 43.5 Å². The summed E-state index contributed by atoms with van der Waals surface area (Å²) in [4.78, 5) is 12.5. The molecule has 0 spiro atoms. The van der Waals surface area contributed by atoms with Gasteiger partial charge >= 0.3 is 0 Å². The topological polar surface area (TPSA) is 110 Å². The Balaban J connectivity index is 3.70. The molecular formula is C53H103NO5. The van der Waals surface area contributed by atoms with Crippen molar-refractivity contribution in [3.05, 3.63) is 24.3 Å². The number of aliphatic hydroxyl groups is 4. The Morgan fingerprint density at radius 3 is 1.07 bits per heavy atom. The first-order valence-corrected chi connectivity index (χ1v) is 26.2. The van der Waals surface area contributed by atoms with Gasteiger partial charge in [0.2, 0.25) is 5.91 Å². The maximum absolute atomic E-state index is 12.5. The maximum Gasteiger partial charge on any atom is 0.249 e. The highest BCUT2D eigenvalue weighted by Crippen LogP contribution is 2.17. The summed E-state index contributed by atoms with van der Waals surface area (Å²) in [6.45, 7) is 4.06. The normalized spacial score (nSPS) is 14.1. The second kappa shape index (κ2) is 47.8. The molecule has 0 aliphatic heterocycles. The van der Waals surface area contributed by atoms with Crippen molar-refractivity contribution < 1.29 is 25.2 Å². The molecule has 4 atom stereocenters. The predicted molar refractivity (Wildman–Crippen MR) is 256 cm³/mol. The van der Waals surface area contributed by atoms with Crippen LogP contribution < -0.4 is 5.32 Å². The Morgan fingerprint density at radius 2 is 0.712 bits per heavy atom. The number of carbonyl (C=O) groups is 1. The molecule has 0 aromatic rings. The van der Waals surface area contributed by atoms with Crippen LogP contribution in [0.1, 0.15) is 277 Å². The summed E-state index contributed by atoms with van der Waals surface area (Å²) in [5.41, 5.74) is 0. The quantitative estimate of drug-likeness (QED) is 0.0310. The Bertz CT molecular complexity index is 893. The molecule has 4 unspecified atom stereocenters. The van der Waals surface area contributed by atoms with Crippen LogP contribution in [0.25, 0.3) is 0 Å². The number of hydrogen-bond acceptors (Lipinski definition) is 5. The number of rotatable bonds is 48. The van der Waals surface area contributed by atoms with Gasteiger partial charge in [0, 0.05) is 0 Å². The van der Waals surface area contributed by atoms with Crippen molar-refractivity contribution in [2.45, 2.75) is 301 Å². The number of unbranched alkanes of at least 4 members (excludes halogenated alkanes) is 35. The third-order valence-electron chi connectivity index (χ3n) is 12.4. The molecule has 0 aromatic heterocycles. The molecule has 59 heavy (non-hydrogen) atoms. The number of carbonyl (C=O) groups excluding carboxylic acids is 1. The van der Waals surface area contributed by atoms with Crippen molar-refractivity contribution in [1.29, 1.82) is 0 Å². The monoisotopic (exact) mass is 834 g/mol. The summed E-state index contributed by atoms with van der Waals surface area (Å²) in [5, 5.41) is 43.8. The largest absolute Gasteiger partial charge is 0.394 e. The zero-order valence-corrected chi connectivity index (χ0v) is 39.5. The van der Waals surface area contributed by atoms with Gasteiger partial charge in [0.25, 0.3) is 0 Å². The van der Waals surface area contributed by atoms with Crippen LogP contribution in [0.4, 0.5) is 0 Å². The predicted octanol–water partition coefficient (Wildman–Crippen LogP) is 14.7. The Kier molecular flexibility index (Phi) is 46.9. The molecule has 0 saturated carbocycles. The summed E-state index contributed by atoms with van der Waals surface area (Å²) in [6.07, 6.45) is 56.7. The van der Waals surface area contributed by atoms with Gasteiger partial charge in [-0.25, -0.2) is 0 Å². The van der Waals surface area contributed by atoms with Gasteiger partial charge in [-0.15, -0.1) is 0 Å². The molecule has 0 aromatic carbocycles. The first kappa shape index (κ1) is 57.8. The molecule has 1 amide bonds. The molecule has 0 rings (SSSR count). The highest BCUT2D eigenvalue weighted by atomic mass is 16.3. The minimum absolute atomic E-state index is 0.364. The summed E-state index contributed by atoms with van der Waals surface area (Å²) < 4.78 is 0. The number of hydrogen-bond donors (Lipinski definition) is 5. The highest BCUT2D eigenvalue weighted by Gasteiger charge is 2.28. The van der Waals surface area contributed by atoms with E-state index in [9.17, 15) is 25.2 Å². The smallest absolute Gasteiger partial charge is 0.249 e. The average Bonchev–Trinajstić information content (AvgIpc) is 3.24. The molecule has 0 bridgehead atoms. The van der Waals surface area contributed by atoms with Gasteiger partial charge in [-0.3, -0.25) is 4.79 Å². The zero-order chi connectivity index (χ0) is 43.1. The average molecular weight is 834 g/mol. The summed E-state index contributed by atoms with van der Waals surface area (Å²) in [7, 11) is 0. The van der Waals surface area contributed by atoms with Gasteiger partial charge in [-0.2, -0.15) is 0 Å². The van der Waals surface area contributed by atoms with Crippen LogP contribution in [-0.4, -0.2) is 57.3 Å². The second-order valence-electron chi connectivity index (χ2n) is 18.2. The van der Waals surface area contributed by atoms with Crippen LogP contribution in [-0.2, 0) is 4.79 Å². The summed E-state index contributed by atoms with van der Waals surface area (Å²) in [6, 6.07) is -1.01. The van der Waals surface area contributed by atoms with Crippen molar-refractivity contribution in [2.75, 3.05) is 6.61 Å².